The number of aromatic nitrogens is 3. The number of amides is 1. The van der Waals surface area contributed by atoms with Crippen molar-refractivity contribution in [2.75, 3.05) is 17.6 Å². The molecule has 9 heteroatoms. The van der Waals surface area contributed by atoms with Crippen molar-refractivity contribution in [3.05, 3.63) is 63.3 Å². The number of fused-ring (bicyclic) bond motifs is 1. The molecule has 0 radical (unpaired) electrons. The molecule has 2 aromatic heterocycles. The molecule has 1 unspecified atom stereocenters. The van der Waals surface area contributed by atoms with Crippen LogP contribution in [-0.4, -0.2) is 33.0 Å². The van der Waals surface area contributed by atoms with Crippen molar-refractivity contribution in [3.8, 4) is 11.4 Å². The minimum atomic E-state index is -0.512. The van der Waals surface area contributed by atoms with Crippen molar-refractivity contribution in [2.24, 2.45) is 12.8 Å². The molecule has 144 valence electrons. The molecule has 1 aliphatic heterocycles. The molecule has 28 heavy (non-hydrogen) atoms. The Labute approximate surface area is 176 Å². The van der Waals surface area contributed by atoms with Gasteiger partial charge in [0.1, 0.15) is 11.5 Å². The summed E-state index contributed by atoms with van der Waals surface area (Å²) in [5.41, 5.74) is 9.08. The van der Waals surface area contributed by atoms with Crippen LogP contribution in [0.5, 0.6) is 0 Å². The largest absolute Gasteiger partial charge is 0.369 e. The highest BCUT2D eigenvalue weighted by molar-refractivity contribution is 7.99. The van der Waals surface area contributed by atoms with E-state index in [1.165, 1.54) is 6.20 Å². The van der Waals surface area contributed by atoms with Crippen LogP contribution in [0.4, 0.5) is 5.82 Å². The van der Waals surface area contributed by atoms with E-state index in [4.69, 9.17) is 34.0 Å². The Morgan fingerprint density at radius 1 is 1.32 bits per heavy atom. The van der Waals surface area contributed by atoms with Crippen LogP contribution in [-0.2, 0) is 7.05 Å². The zero-order valence-electron chi connectivity index (χ0n) is 14.9. The van der Waals surface area contributed by atoms with Gasteiger partial charge in [0, 0.05) is 41.2 Å². The van der Waals surface area contributed by atoms with Crippen molar-refractivity contribution >= 4 is 46.7 Å². The van der Waals surface area contributed by atoms with Gasteiger partial charge in [-0.25, -0.2) is 0 Å². The number of hydrogen-bond acceptors (Lipinski definition) is 5. The van der Waals surface area contributed by atoms with Crippen molar-refractivity contribution in [3.63, 3.8) is 0 Å². The van der Waals surface area contributed by atoms with Gasteiger partial charge < -0.3 is 11.1 Å². The minimum absolute atomic E-state index is 0.0314. The third kappa shape index (κ3) is 3.45. The highest BCUT2D eigenvalue weighted by Gasteiger charge is 2.30. The SMILES string of the molecule is Cn1nc(-c2ccc(C(N)=O)cn2)c2c1NCCSC2c1ccc(Cl)cc1Cl. The van der Waals surface area contributed by atoms with E-state index in [9.17, 15) is 4.79 Å². The van der Waals surface area contributed by atoms with Gasteiger partial charge in [0.25, 0.3) is 0 Å². The number of hydrogen-bond donors (Lipinski definition) is 2. The summed E-state index contributed by atoms with van der Waals surface area (Å²) < 4.78 is 1.82. The molecule has 1 atom stereocenters. The number of anilines is 1. The highest BCUT2D eigenvalue weighted by Crippen LogP contribution is 2.47. The number of halogens is 2. The fraction of sp³-hybridized carbons (Fsp3) is 0.211. The van der Waals surface area contributed by atoms with Gasteiger partial charge in [0.2, 0.25) is 5.91 Å². The molecule has 0 aliphatic carbocycles. The first-order valence-corrected chi connectivity index (χ1v) is 10.4. The van der Waals surface area contributed by atoms with Crippen LogP contribution in [0.3, 0.4) is 0 Å². The number of aryl methyl sites for hydroxylation is 1. The molecule has 1 aliphatic rings. The van der Waals surface area contributed by atoms with E-state index in [1.54, 1.807) is 30.0 Å². The van der Waals surface area contributed by atoms with Crippen molar-refractivity contribution in [1.82, 2.24) is 14.8 Å². The van der Waals surface area contributed by atoms with Crippen molar-refractivity contribution in [1.29, 1.82) is 0 Å². The number of pyridine rings is 1. The van der Waals surface area contributed by atoms with E-state index in [-0.39, 0.29) is 5.25 Å². The lowest BCUT2D eigenvalue weighted by Crippen LogP contribution is -2.11. The number of nitrogens with one attached hydrogen (secondary N) is 1. The molecule has 1 amide bonds. The normalized spacial score (nSPS) is 16.2. The summed E-state index contributed by atoms with van der Waals surface area (Å²) >= 11 is 14.4. The standard InChI is InChI=1S/C19H17Cl2N5OS/c1-26-19-15(16(25-26)14-5-2-10(9-24-14)18(22)27)17(28-7-6-23-19)12-4-3-11(20)8-13(12)21/h2-5,8-9,17,23H,6-7H2,1H3,(H2,22,27). The molecule has 0 fully saturated rings. The molecule has 0 saturated carbocycles. The molecule has 1 aromatic carbocycles. The summed E-state index contributed by atoms with van der Waals surface area (Å²) in [5.74, 6) is 1.32. The number of carbonyl (C=O) groups excluding carboxylic acids is 1. The maximum atomic E-state index is 11.4. The molecule has 0 spiro atoms. The number of thioether (sulfide) groups is 1. The second-order valence-corrected chi connectivity index (χ2v) is 8.43. The third-order valence-electron chi connectivity index (χ3n) is 4.56. The lowest BCUT2D eigenvalue weighted by atomic mass is 10.0. The monoisotopic (exact) mass is 433 g/mol. The lowest BCUT2D eigenvalue weighted by molar-refractivity contribution is 0.1000. The van der Waals surface area contributed by atoms with Crippen molar-refractivity contribution < 1.29 is 4.79 Å². The lowest BCUT2D eigenvalue weighted by Gasteiger charge is -2.18. The number of primary amides is 1. The van der Waals surface area contributed by atoms with Gasteiger partial charge in [-0.1, -0.05) is 29.3 Å². The maximum absolute atomic E-state index is 11.4. The van der Waals surface area contributed by atoms with E-state index >= 15 is 0 Å². The average molecular weight is 434 g/mol. The van der Waals surface area contributed by atoms with Gasteiger partial charge in [-0.2, -0.15) is 5.10 Å². The zero-order chi connectivity index (χ0) is 19.8. The maximum Gasteiger partial charge on any atom is 0.250 e. The molecular formula is C19H17Cl2N5OS. The Morgan fingerprint density at radius 3 is 2.82 bits per heavy atom. The van der Waals surface area contributed by atoms with Crippen LogP contribution in [0.25, 0.3) is 11.4 Å². The fourth-order valence-electron chi connectivity index (χ4n) is 3.26. The third-order valence-corrected chi connectivity index (χ3v) is 6.39. The number of benzene rings is 1. The Morgan fingerprint density at radius 2 is 2.14 bits per heavy atom. The van der Waals surface area contributed by atoms with Gasteiger partial charge >= 0.3 is 0 Å². The topological polar surface area (TPSA) is 85.8 Å². The molecule has 6 nitrogen and oxygen atoms in total. The predicted molar refractivity (Wildman–Crippen MR) is 114 cm³/mol. The average Bonchev–Trinajstić information content (AvgIpc) is 2.85. The van der Waals surface area contributed by atoms with Crippen LogP contribution in [0, 0.1) is 0 Å². The smallest absolute Gasteiger partial charge is 0.250 e. The molecular weight excluding hydrogens is 417 g/mol. The predicted octanol–water partition coefficient (Wildman–Crippen LogP) is 4.14. The number of rotatable bonds is 3. The van der Waals surface area contributed by atoms with E-state index in [0.29, 0.717) is 21.3 Å². The fourth-order valence-corrected chi connectivity index (χ4v) is 5.07. The first-order chi connectivity index (χ1) is 13.5. The quantitative estimate of drug-likeness (QED) is 0.647. The molecule has 3 heterocycles. The van der Waals surface area contributed by atoms with Crippen LogP contribution in [0.2, 0.25) is 10.0 Å². The number of nitrogens with two attached hydrogens (primary N) is 1. The summed E-state index contributed by atoms with van der Waals surface area (Å²) in [6.07, 6.45) is 1.47. The minimum Gasteiger partial charge on any atom is -0.369 e. The Bertz CT molecular complexity index is 1050. The first kappa shape index (κ1) is 19.1. The Balaban J connectivity index is 1.88. The number of nitrogens with zero attached hydrogens (tertiary/aromatic N) is 3. The Hall–Kier alpha value is -2.22. The molecule has 3 aromatic rings. The summed E-state index contributed by atoms with van der Waals surface area (Å²) in [6, 6.07) is 8.98. The van der Waals surface area contributed by atoms with Gasteiger partial charge in [-0.3, -0.25) is 14.5 Å². The molecule has 0 bridgehead atoms. The van der Waals surface area contributed by atoms with Gasteiger partial charge in [0.15, 0.2) is 0 Å². The van der Waals surface area contributed by atoms with Crippen LogP contribution in [0.15, 0.2) is 36.5 Å². The van der Waals surface area contributed by atoms with Gasteiger partial charge in [-0.15, -0.1) is 11.8 Å². The van der Waals surface area contributed by atoms with Crippen LogP contribution in [0.1, 0.15) is 26.7 Å². The highest BCUT2D eigenvalue weighted by atomic mass is 35.5. The van der Waals surface area contributed by atoms with Crippen molar-refractivity contribution in [2.45, 2.75) is 5.25 Å². The Kier molecular flexibility index (Phi) is 5.23. The van der Waals surface area contributed by atoms with Gasteiger partial charge in [0.05, 0.1) is 16.5 Å². The van der Waals surface area contributed by atoms with Crippen LogP contribution >= 0.6 is 35.0 Å². The molecule has 0 saturated heterocycles. The molecule has 4 rings (SSSR count). The second kappa shape index (κ2) is 7.66. The van der Waals surface area contributed by atoms with Crippen LogP contribution < -0.4 is 11.1 Å². The van der Waals surface area contributed by atoms with E-state index < -0.39 is 5.91 Å². The summed E-state index contributed by atoms with van der Waals surface area (Å²) in [6.45, 7) is 0.812. The zero-order valence-corrected chi connectivity index (χ0v) is 17.3. The molecule has 3 N–H and O–H groups in total. The second-order valence-electron chi connectivity index (χ2n) is 6.37. The van der Waals surface area contributed by atoms with Gasteiger partial charge in [-0.05, 0) is 29.8 Å². The van der Waals surface area contributed by atoms with E-state index in [2.05, 4.69) is 10.3 Å². The van der Waals surface area contributed by atoms with E-state index in [0.717, 1.165) is 34.9 Å². The number of carbonyl (C=O) groups is 1. The summed E-state index contributed by atoms with van der Waals surface area (Å²) in [7, 11) is 1.89. The summed E-state index contributed by atoms with van der Waals surface area (Å²) in [5, 5.41) is 9.33. The first-order valence-electron chi connectivity index (χ1n) is 8.59. The van der Waals surface area contributed by atoms with E-state index in [1.807, 2.05) is 23.9 Å². The summed E-state index contributed by atoms with van der Waals surface area (Å²) in [4.78, 5) is 15.8.